The third-order valence-electron chi connectivity index (χ3n) is 6.74. The van der Waals surface area contributed by atoms with E-state index in [1.54, 1.807) is 24.7 Å². The summed E-state index contributed by atoms with van der Waals surface area (Å²) in [4.78, 5) is 20.5. The van der Waals surface area contributed by atoms with Crippen molar-refractivity contribution in [1.29, 1.82) is 0 Å². The largest absolute Gasteiger partial charge is 0.488 e. The number of anilines is 1. The molecule has 0 bridgehead atoms. The van der Waals surface area contributed by atoms with Gasteiger partial charge in [-0.3, -0.25) is 4.98 Å². The van der Waals surface area contributed by atoms with Gasteiger partial charge in [0.1, 0.15) is 22.8 Å². The Balaban J connectivity index is 1.12. The molecular weight excluding hydrogens is 446 g/mol. The topological polar surface area (TPSA) is 112 Å². The van der Waals surface area contributed by atoms with Gasteiger partial charge >= 0.3 is 0 Å². The summed E-state index contributed by atoms with van der Waals surface area (Å²) in [5.74, 6) is 2.56. The van der Waals surface area contributed by atoms with Gasteiger partial charge in [0.15, 0.2) is 0 Å². The average Bonchev–Trinajstić information content (AvgIpc) is 3.46. The number of aromatic nitrogens is 6. The van der Waals surface area contributed by atoms with Gasteiger partial charge in [0, 0.05) is 49.9 Å². The smallest absolute Gasteiger partial charge is 0.266 e. The van der Waals surface area contributed by atoms with Gasteiger partial charge in [-0.1, -0.05) is 0 Å². The highest BCUT2D eigenvalue weighted by atomic mass is 16.5. The van der Waals surface area contributed by atoms with Crippen LogP contribution in [-0.4, -0.2) is 62.5 Å². The first-order valence-corrected chi connectivity index (χ1v) is 12.1. The van der Waals surface area contributed by atoms with Crippen LogP contribution in [0, 0.1) is 5.92 Å². The first kappa shape index (κ1) is 21.8. The number of nitrogens with zero attached hydrogens (tertiary/aromatic N) is 7. The minimum Gasteiger partial charge on any atom is -0.488 e. The fraction of sp³-hybridized carbons (Fsp3) is 0.440. The zero-order chi connectivity index (χ0) is 23.5. The molecule has 10 heteroatoms. The van der Waals surface area contributed by atoms with Gasteiger partial charge < -0.3 is 18.8 Å². The summed E-state index contributed by atoms with van der Waals surface area (Å²) in [6.07, 6.45) is 11.6. The molecule has 2 aliphatic rings. The van der Waals surface area contributed by atoms with Crippen molar-refractivity contribution in [3.63, 3.8) is 0 Å². The second-order valence-electron chi connectivity index (χ2n) is 9.03. The van der Waals surface area contributed by atoms with E-state index in [1.807, 2.05) is 0 Å². The summed E-state index contributed by atoms with van der Waals surface area (Å²) < 4.78 is 17.3. The Kier molecular flexibility index (Phi) is 6.18. The van der Waals surface area contributed by atoms with E-state index in [4.69, 9.17) is 13.9 Å². The molecule has 2 fully saturated rings. The van der Waals surface area contributed by atoms with Crippen LogP contribution in [-0.2, 0) is 11.2 Å². The molecule has 0 unspecified atom stereocenters. The summed E-state index contributed by atoms with van der Waals surface area (Å²) >= 11 is 0. The first-order chi connectivity index (χ1) is 17.3. The lowest BCUT2D eigenvalue weighted by Gasteiger charge is -2.31. The summed E-state index contributed by atoms with van der Waals surface area (Å²) in [7, 11) is 0. The molecule has 1 saturated heterocycles. The van der Waals surface area contributed by atoms with Gasteiger partial charge in [0.2, 0.25) is 6.39 Å². The first-order valence-electron chi connectivity index (χ1n) is 12.1. The maximum Gasteiger partial charge on any atom is 0.266 e. The van der Waals surface area contributed by atoms with Gasteiger partial charge in [-0.2, -0.15) is 0 Å². The van der Waals surface area contributed by atoms with E-state index in [1.165, 1.54) is 6.39 Å². The van der Waals surface area contributed by atoms with Crippen LogP contribution in [0.2, 0.25) is 0 Å². The fourth-order valence-electron chi connectivity index (χ4n) is 4.92. The van der Waals surface area contributed by atoms with E-state index in [0.717, 1.165) is 86.7 Å². The number of hydrogen-bond donors (Lipinski definition) is 0. The zero-order valence-corrected chi connectivity index (χ0v) is 19.4. The lowest BCUT2D eigenvalue weighted by molar-refractivity contribution is 0.122. The Morgan fingerprint density at radius 2 is 1.83 bits per heavy atom. The van der Waals surface area contributed by atoms with Gasteiger partial charge in [0.05, 0.1) is 24.8 Å². The molecule has 0 amide bonds. The van der Waals surface area contributed by atoms with Gasteiger partial charge in [-0.05, 0) is 43.7 Å². The Hall–Kier alpha value is -3.66. The fourth-order valence-corrected chi connectivity index (χ4v) is 4.92. The summed E-state index contributed by atoms with van der Waals surface area (Å²) in [6.45, 7) is 3.21. The van der Waals surface area contributed by atoms with Crippen molar-refractivity contribution in [3.05, 3.63) is 49.0 Å². The molecule has 0 N–H and O–H groups in total. The van der Waals surface area contributed by atoms with E-state index in [2.05, 4.69) is 47.2 Å². The molecule has 10 nitrogen and oxygen atoms in total. The van der Waals surface area contributed by atoms with Gasteiger partial charge in [0.25, 0.3) is 5.89 Å². The third-order valence-corrected chi connectivity index (χ3v) is 6.74. The Bertz CT molecular complexity index is 1270. The summed E-state index contributed by atoms with van der Waals surface area (Å²) in [5.41, 5.74) is 3.46. The van der Waals surface area contributed by atoms with Crippen molar-refractivity contribution in [3.8, 4) is 17.3 Å². The summed E-state index contributed by atoms with van der Waals surface area (Å²) in [6, 6.07) is 6.01. The highest BCUT2D eigenvalue weighted by Crippen LogP contribution is 2.34. The van der Waals surface area contributed by atoms with E-state index in [9.17, 15) is 0 Å². The van der Waals surface area contributed by atoms with Crippen LogP contribution in [0.15, 0.2) is 47.6 Å². The van der Waals surface area contributed by atoms with Crippen molar-refractivity contribution in [1.82, 2.24) is 30.1 Å². The van der Waals surface area contributed by atoms with Crippen LogP contribution in [0.1, 0.15) is 31.5 Å². The lowest BCUT2D eigenvalue weighted by atomic mass is 9.85. The quantitative estimate of drug-likeness (QED) is 0.412. The summed E-state index contributed by atoms with van der Waals surface area (Å²) in [5, 5.41) is 7.67. The highest BCUT2D eigenvalue weighted by Gasteiger charge is 2.25. The number of benzene rings is 1. The molecule has 180 valence electrons. The maximum absolute atomic E-state index is 6.55. The third kappa shape index (κ3) is 4.93. The Morgan fingerprint density at radius 3 is 2.66 bits per heavy atom. The van der Waals surface area contributed by atoms with Crippen LogP contribution in [0.3, 0.4) is 0 Å². The molecule has 1 aliphatic carbocycles. The molecule has 35 heavy (non-hydrogen) atoms. The van der Waals surface area contributed by atoms with Gasteiger partial charge in [-0.15, -0.1) is 10.2 Å². The highest BCUT2D eigenvalue weighted by molar-refractivity contribution is 5.85. The zero-order valence-electron chi connectivity index (χ0n) is 19.4. The van der Waals surface area contributed by atoms with E-state index >= 15 is 0 Å². The molecule has 1 saturated carbocycles. The standard InChI is InChI=1S/C25H27N7O3/c1-3-19(4-2-17(1)13-23-27-6-5-20(30-23)25-31-29-16-34-25)35-22-15-18(32-9-11-33-12-10-32)14-21-24(22)28-8-7-26-21/h5-8,14-17,19H,1-4,9-13H2. The average molecular weight is 474 g/mol. The van der Waals surface area contributed by atoms with Crippen molar-refractivity contribution >= 4 is 16.7 Å². The molecule has 0 spiro atoms. The number of hydrogen-bond acceptors (Lipinski definition) is 10. The van der Waals surface area contributed by atoms with Crippen LogP contribution < -0.4 is 9.64 Å². The molecule has 0 atom stereocenters. The van der Waals surface area contributed by atoms with E-state index in [-0.39, 0.29) is 6.10 Å². The number of ether oxygens (including phenoxy) is 2. The number of rotatable bonds is 6. The second-order valence-corrected chi connectivity index (χ2v) is 9.03. The van der Waals surface area contributed by atoms with Crippen molar-refractivity contribution < 1.29 is 13.9 Å². The molecule has 3 aromatic heterocycles. The SMILES string of the molecule is c1cc(-c2nnco2)nc(CC2CCC(Oc3cc(N4CCOCC4)cc4nccnc34)CC2)n1. The molecule has 4 heterocycles. The monoisotopic (exact) mass is 473 g/mol. The molecule has 6 rings (SSSR count). The second kappa shape index (κ2) is 9.91. The number of fused-ring (bicyclic) bond motifs is 1. The van der Waals surface area contributed by atoms with Crippen molar-refractivity contribution in [2.75, 3.05) is 31.2 Å². The molecule has 1 aromatic carbocycles. The molecule has 4 aromatic rings. The van der Waals surface area contributed by atoms with E-state index in [0.29, 0.717) is 17.5 Å². The Morgan fingerprint density at radius 1 is 0.971 bits per heavy atom. The van der Waals surface area contributed by atoms with Crippen LogP contribution in [0.25, 0.3) is 22.6 Å². The number of morpholine rings is 1. The Labute approximate surface area is 202 Å². The van der Waals surface area contributed by atoms with Crippen LogP contribution >= 0.6 is 0 Å². The molecule has 1 aliphatic heterocycles. The predicted octanol–water partition coefficient (Wildman–Crippen LogP) is 3.49. The van der Waals surface area contributed by atoms with Crippen LogP contribution in [0.5, 0.6) is 5.75 Å². The minimum absolute atomic E-state index is 0.155. The van der Waals surface area contributed by atoms with Crippen molar-refractivity contribution in [2.45, 2.75) is 38.2 Å². The van der Waals surface area contributed by atoms with E-state index < -0.39 is 0 Å². The minimum atomic E-state index is 0.155. The maximum atomic E-state index is 6.55. The normalized spacial score (nSPS) is 20.7. The van der Waals surface area contributed by atoms with Crippen LogP contribution in [0.4, 0.5) is 5.69 Å². The lowest BCUT2D eigenvalue weighted by Crippen LogP contribution is -2.36. The molecular formula is C25H27N7O3. The van der Waals surface area contributed by atoms with Gasteiger partial charge in [-0.25, -0.2) is 15.0 Å². The predicted molar refractivity (Wildman–Crippen MR) is 128 cm³/mol. The van der Waals surface area contributed by atoms with Crippen molar-refractivity contribution in [2.24, 2.45) is 5.92 Å². The molecule has 0 radical (unpaired) electrons.